The molecule has 1 heterocycles. The lowest BCUT2D eigenvalue weighted by Crippen LogP contribution is -2.22. The largest absolute Gasteiger partial charge is 0.491 e. The fourth-order valence-electron chi connectivity index (χ4n) is 2.66. The van der Waals surface area contributed by atoms with Gasteiger partial charge >= 0.3 is 0 Å². The number of hydrogen-bond acceptors (Lipinski definition) is 5. The summed E-state index contributed by atoms with van der Waals surface area (Å²) in [6, 6.07) is 16.7. The van der Waals surface area contributed by atoms with Crippen LogP contribution in [0.25, 0.3) is 10.9 Å². The summed E-state index contributed by atoms with van der Waals surface area (Å²) in [7, 11) is 0. The molecule has 0 saturated heterocycles. The summed E-state index contributed by atoms with van der Waals surface area (Å²) < 4.78 is 5.70. The number of hydrogen-bond donors (Lipinski definition) is 1. The maximum absolute atomic E-state index is 5.70. The van der Waals surface area contributed by atoms with Gasteiger partial charge in [0.05, 0.1) is 11.6 Å². The molecule has 136 valence electrons. The number of benzene rings is 2. The number of ether oxygens (including phenoxy) is 1. The Balaban J connectivity index is 1.62. The van der Waals surface area contributed by atoms with E-state index in [1.807, 2.05) is 55.9 Å². The first-order chi connectivity index (χ1) is 12.7. The van der Waals surface area contributed by atoms with Crippen LogP contribution in [0.15, 0.2) is 59.8 Å². The Bertz CT molecular complexity index is 831. The molecule has 3 rings (SSSR count). The number of para-hydroxylation sites is 1. The molecule has 0 amide bonds. The zero-order valence-corrected chi connectivity index (χ0v) is 16.3. The average Bonchev–Trinajstić information content (AvgIpc) is 2.66. The number of nitrogens with zero attached hydrogens (tertiary/aromatic N) is 2. The molecule has 0 radical (unpaired) electrons. The lowest BCUT2D eigenvalue weighted by Gasteiger charge is -2.18. The molecular weight excluding hydrogens is 342 g/mol. The highest BCUT2D eigenvalue weighted by atomic mass is 32.2. The van der Waals surface area contributed by atoms with Crippen molar-refractivity contribution in [3.63, 3.8) is 0 Å². The maximum atomic E-state index is 5.70. The van der Waals surface area contributed by atoms with Gasteiger partial charge in [-0.25, -0.2) is 9.97 Å². The lowest BCUT2D eigenvalue weighted by molar-refractivity contribution is 0.242. The third-order valence-corrected chi connectivity index (χ3v) is 5.20. The van der Waals surface area contributed by atoms with Gasteiger partial charge in [-0.15, -0.1) is 11.8 Å². The van der Waals surface area contributed by atoms with Gasteiger partial charge in [0.25, 0.3) is 0 Å². The Morgan fingerprint density at radius 1 is 1.04 bits per heavy atom. The first-order valence-corrected chi connectivity index (χ1v) is 10.00. The number of aromatic nitrogens is 2. The van der Waals surface area contributed by atoms with Gasteiger partial charge in [-0.3, -0.25) is 0 Å². The molecule has 4 nitrogen and oxygen atoms in total. The summed E-state index contributed by atoms with van der Waals surface area (Å²) in [5.41, 5.74) is 0.966. The smallest absolute Gasteiger partial charge is 0.137 e. The van der Waals surface area contributed by atoms with Gasteiger partial charge in [-0.2, -0.15) is 0 Å². The Labute approximate surface area is 159 Å². The predicted octanol–water partition coefficient (Wildman–Crippen LogP) is 5.40. The molecule has 0 bridgehead atoms. The van der Waals surface area contributed by atoms with Crippen LogP contribution in [-0.2, 0) is 0 Å². The number of thioether (sulfide) groups is 1. The Hall–Kier alpha value is -2.27. The standard InChI is InChI=1S/C21H25N3OS/c1-4-16(13-26-18-11-9-17(10-12-18)25-15(2)3)24-21-19-7-5-6-8-20(19)22-14-23-21/h5-12,14-16H,4,13H2,1-3H3,(H,22,23,24). The van der Waals surface area contributed by atoms with Gasteiger partial charge in [0.15, 0.2) is 0 Å². The van der Waals surface area contributed by atoms with E-state index in [1.54, 1.807) is 6.33 Å². The van der Waals surface area contributed by atoms with Crippen LogP contribution < -0.4 is 10.1 Å². The Kier molecular flexibility index (Phi) is 6.34. The summed E-state index contributed by atoms with van der Waals surface area (Å²) >= 11 is 1.84. The minimum atomic E-state index is 0.199. The first kappa shape index (κ1) is 18.5. The van der Waals surface area contributed by atoms with Gasteiger partial charge in [-0.05, 0) is 56.7 Å². The first-order valence-electron chi connectivity index (χ1n) is 9.01. The van der Waals surface area contributed by atoms with Gasteiger partial charge in [0.1, 0.15) is 17.9 Å². The summed E-state index contributed by atoms with van der Waals surface area (Å²) in [6.45, 7) is 6.27. The zero-order valence-electron chi connectivity index (χ0n) is 15.5. The molecule has 0 spiro atoms. The molecule has 1 aromatic heterocycles. The van der Waals surface area contributed by atoms with Gasteiger partial charge in [0.2, 0.25) is 0 Å². The van der Waals surface area contributed by atoms with Crippen molar-refractivity contribution in [2.75, 3.05) is 11.1 Å². The Morgan fingerprint density at radius 3 is 2.54 bits per heavy atom. The van der Waals surface area contributed by atoms with Crippen LogP contribution in [0.4, 0.5) is 5.82 Å². The average molecular weight is 368 g/mol. The maximum Gasteiger partial charge on any atom is 0.137 e. The predicted molar refractivity (Wildman–Crippen MR) is 110 cm³/mol. The Morgan fingerprint density at radius 2 is 1.81 bits per heavy atom. The normalized spacial score (nSPS) is 12.3. The van der Waals surface area contributed by atoms with E-state index in [2.05, 4.69) is 40.4 Å². The summed E-state index contributed by atoms with van der Waals surface area (Å²) in [5, 5.41) is 4.65. The zero-order chi connectivity index (χ0) is 18.4. The molecule has 1 atom stereocenters. The van der Waals surface area contributed by atoms with Crippen LogP contribution in [0.5, 0.6) is 5.75 Å². The van der Waals surface area contributed by atoms with Crippen LogP contribution in [0.1, 0.15) is 27.2 Å². The van der Waals surface area contributed by atoms with Crippen LogP contribution in [0.3, 0.4) is 0 Å². The molecule has 0 fully saturated rings. The van der Waals surface area contributed by atoms with Crippen LogP contribution in [0, 0.1) is 0 Å². The van der Waals surface area contributed by atoms with E-state index < -0.39 is 0 Å². The minimum absolute atomic E-state index is 0.199. The summed E-state index contributed by atoms with van der Waals surface area (Å²) in [6.07, 6.45) is 2.85. The van der Waals surface area contributed by atoms with E-state index in [-0.39, 0.29) is 6.10 Å². The second-order valence-electron chi connectivity index (χ2n) is 6.44. The highest BCUT2D eigenvalue weighted by molar-refractivity contribution is 7.99. The van der Waals surface area contributed by atoms with E-state index in [0.29, 0.717) is 6.04 Å². The van der Waals surface area contributed by atoms with E-state index in [4.69, 9.17) is 4.74 Å². The molecule has 1 unspecified atom stereocenters. The number of nitrogens with one attached hydrogen (secondary N) is 1. The molecule has 3 aromatic rings. The number of rotatable bonds is 8. The summed E-state index contributed by atoms with van der Waals surface area (Å²) in [4.78, 5) is 10.0. The van der Waals surface area contributed by atoms with Crippen molar-refractivity contribution in [2.45, 2.75) is 44.2 Å². The second kappa shape index (κ2) is 8.90. The lowest BCUT2D eigenvalue weighted by atomic mass is 10.2. The second-order valence-corrected chi connectivity index (χ2v) is 7.53. The van der Waals surface area contributed by atoms with Crippen LogP contribution >= 0.6 is 11.8 Å². The van der Waals surface area contributed by atoms with E-state index >= 15 is 0 Å². The van der Waals surface area contributed by atoms with Crippen molar-refractivity contribution in [1.82, 2.24) is 9.97 Å². The van der Waals surface area contributed by atoms with Gasteiger partial charge in [0, 0.05) is 22.1 Å². The fraction of sp³-hybridized carbons (Fsp3) is 0.333. The molecule has 0 aliphatic rings. The molecule has 26 heavy (non-hydrogen) atoms. The van der Waals surface area contributed by atoms with Crippen molar-refractivity contribution >= 4 is 28.5 Å². The third-order valence-electron chi connectivity index (χ3n) is 4.02. The molecule has 0 aliphatic carbocycles. The molecule has 1 N–H and O–H groups in total. The number of fused-ring (bicyclic) bond motifs is 1. The third kappa shape index (κ3) is 4.88. The summed E-state index contributed by atoms with van der Waals surface area (Å²) in [5.74, 6) is 2.80. The van der Waals surface area contributed by atoms with E-state index in [1.165, 1.54) is 4.90 Å². The van der Waals surface area contributed by atoms with Crippen molar-refractivity contribution in [1.29, 1.82) is 0 Å². The van der Waals surface area contributed by atoms with Crippen molar-refractivity contribution < 1.29 is 4.74 Å². The molecule has 5 heteroatoms. The molecule has 0 aliphatic heterocycles. The van der Waals surface area contributed by atoms with E-state index in [0.717, 1.165) is 34.6 Å². The quantitative estimate of drug-likeness (QED) is 0.540. The van der Waals surface area contributed by atoms with Gasteiger partial charge < -0.3 is 10.1 Å². The SMILES string of the molecule is CCC(CSc1ccc(OC(C)C)cc1)Nc1ncnc2ccccc12. The molecule has 2 aromatic carbocycles. The topological polar surface area (TPSA) is 47.0 Å². The molecular formula is C21H25N3OS. The van der Waals surface area contributed by atoms with Crippen molar-refractivity contribution in [3.8, 4) is 5.75 Å². The van der Waals surface area contributed by atoms with Gasteiger partial charge in [-0.1, -0.05) is 19.1 Å². The number of anilines is 1. The van der Waals surface area contributed by atoms with Crippen LogP contribution in [-0.4, -0.2) is 27.9 Å². The van der Waals surface area contributed by atoms with Crippen LogP contribution in [0.2, 0.25) is 0 Å². The van der Waals surface area contributed by atoms with Crippen molar-refractivity contribution in [2.24, 2.45) is 0 Å². The molecule has 0 saturated carbocycles. The highest BCUT2D eigenvalue weighted by Crippen LogP contribution is 2.25. The van der Waals surface area contributed by atoms with E-state index in [9.17, 15) is 0 Å². The highest BCUT2D eigenvalue weighted by Gasteiger charge is 2.11. The minimum Gasteiger partial charge on any atom is -0.491 e. The fourth-order valence-corrected chi connectivity index (χ4v) is 3.70. The monoisotopic (exact) mass is 367 g/mol. The van der Waals surface area contributed by atoms with Crippen molar-refractivity contribution in [3.05, 3.63) is 54.9 Å².